The van der Waals surface area contributed by atoms with Gasteiger partial charge in [-0.05, 0) is 19.2 Å². The summed E-state index contributed by atoms with van der Waals surface area (Å²) in [6.07, 6.45) is 0.454. The lowest BCUT2D eigenvalue weighted by molar-refractivity contribution is -0.120. The lowest BCUT2D eigenvalue weighted by Crippen LogP contribution is -2.26. The number of fused-ring (bicyclic) bond motifs is 1. The molecule has 0 aliphatic carbocycles. The molecule has 0 unspecified atom stereocenters. The molecule has 19 heavy (non-hydrogen) atoms. The van der Waals surface area contributed by atoms with Crippen LogP contribution in [-0.2, 0) is 11.3 Å². The molecule has 0 aliphatic heterocycles. The molecule has 0 spiro atoms. The van der Waals surface area contributed by atoms with E-state index in [0.717, 1.165) is 0 Å². The molecule has 1 heterocycles. The third-order valence-corrected chi connectivity index (χ3v) is 2.90. The summed E-state index contributed by atoms with van der Waals surface area (Å²) in [5.41, 5.74) is 7.82. The molecule has 0 fully saturated rings. The van der Waals surface area contributed by atoms with Crippen LogP contribution in [-0.4, -0.2) is 36.4 Å². The minimum absolute atomic E-state index is 0.0219. The van der Waals surface area contributed by atoms with Gasteiger partial charge >= 0.3 is 0 Å². The van der Waals surface area contributed by atoms with Crippen molar-refractivity contribution in [2.24, 2.45) is 0 Å². The van der Waals surface area contributed by atoms with Crippen LogP contribution in [0, 0.1) is 0 Å². The molecule has 2 aromatic rings. The van der Waals surface area contributed by atoms with Gasteiger partial charge < -0.3 is 15.5 Å². The maximum absolute atomic E-state index is 11.2. The van der Waals surface area contributed by atoms with Gasteiger partial charge in [-0.2, -0.15) is 0 Å². The number of amides is 1. The number of anilines is 1. The fraction of sp³-hybridized carbons (Fsp3) is 0.385. The molecule has 0 saturated heterocycles. The fourth-order valence-corrected chi connectivity index (χ4v) is 1.81. The van der Waals surface area contributed by atoms with Gasteiger partial charge in [0.1, 0.15) is 5.52 Å². The van der Waals surface area contributed by atoms with Crippen molar-refractivity contribution in [3.05, 3.63) is 24.1 Å². The van der Waals surface area contributed by atoms with Crippen molar-refractivity contribution in [1.29, 1.82) is 0 Å². The average Bonchev–Trinajstić information content (AvgIpc) is 2.80. The number of nitrogen functional groups attached to an aromatic ring is 1. The topological polar surface area (TPSA) is 84.4 Å². The molecule has 3 N–H and O–H groups in total. The van der Waals surface area contributed by atoms with Gasteiger partial charge in [0.05, 0.1) is 12.2 Å². The maximum atomic E-state index is 11.2. The molecule has 0 atom stereocenters. The number of oxazole rings is 1. The minimum atomic E-state index is 0.0219. The van der Waals surface area contributed by atoms with E-state index in [1.54, 1.807) is 13.1 Å². The standard InChI is InChI=1S/C13H18N4O2/c1-15-11(18)6-7-17(2)8-12-16-13-9(14)4-3-5-10(13)19-12/h3-5H,6-8,14H2,1-2H3,(H,15,18). The van der Waals surface area contributed by atoms with Gasteiger partial charge in [0, 0.05) is 20.0 Å². The number of carbonyl (C=O) groups excluding carboxylic acids is 1. The second-order valence-electron chi connectivity index (χ2n) is 4.46. The van der Waals surface area contributed by atoms with Crippen molar-refractivity contribution >= 4 is 22.7 Å². The molecule has 1 aromatic carbocycles. The van der Waals surface area contributed by atoms with E-state index >= 15 is 0 Å². The number of nitrogens with zero attached hydrogens (tertiary/aromatic N) is 2. The molecule has 102 valence electrons. The smallest absolute Gasteiger partial charge is 0.221 e. The van der Waals surface area contributed by atoms with E-state index in [1.807, 2.05) is 24.1 Å². The zero-order valence-electron chi connectivity index (χ0n) is 11.1. The van der Waals surface area contributed by atoms with E-state index in [1.165, 1.54) is 0 Å². The quantitative estimate of drug-likeness (QED) is 0.785. The van der Waals surface area contributed by atoms with Gasteiger partial charge in [-0.15, -0.1) is 0 Å². The minimum Gasteiger partial charge on any atom is -0.439 e. The van der Waals surface area contributed by atoms with E-state index in [9.17, 15) is 4.79 Å². The van der Waals surface area contributed by atoms with Crippen molar-refractivity contribution in [2.75, 3.05) is 26.4 Å². The van der Waals surface area contributed by atoms with Crippen LogP contribution in [0.4, 0.5) is 5.69 Å². The van der Waals surface area contributed by atoms with E-state index in [-0.39, 0.29) is 5.91 Å². The Hall–Kier alpha value is -2.08. The first-order valence-corrected chi connectivity index (χ1v) is 6.13. The highest BCUT2D eigenvalue weighted by Crippen LogP contribution is 2.21. The Labute approximate surface area is 111 Å². The molecule has 0 aliphatic rings. The summed E-state index contributed by atoms with van der Waals surface area (Å²) >= 11 is 0. The normalized spacial score (nSPS) is 11.1. The van der Waals surface area contributed by atoms with Crippen LogP contribution in [0.15, 0.2) is 22.6 Å². The molecular weight excluding hydrogens is 244 g/mol. The predicted molar refractivity (Wildman–Crippen MR) is 73.4 cm³/mol. The number of carbonyl (C=O) groups is 1. The highest BCUT2D eigenvalue weighted by Gasteiger charge is 2.10. The SMILES string of the molecule is CNC(=O)CCN(C)Cc1nc2c(N)cccc2o1. The van der Waals surface area contributed by atoms with Crippen molar-refractivity contribution in [3.63, 3.8) is 0 Å². The Morgan fingerprint density at radius 2 is 2.32 bits per heavy atom. The molecule has 0 bridgehead atoms. The molecule has 0 radical (unpaired) electrons. The van der Waals surface area contributed by atoms with Crippen LogP contribution in [0.25, 0.3) is 11.1 Å². The Morgan fingerprint density at radius 1 is 1.53 bits per heavy atom. The van der Waals surface area contributed by atoms with Crippen molar-refractivity contribution in [2.45, 2.75) is 13.0 Å². The summed E-state index contributed by atoms with van der Waals surface area (Å²) in [5.74, 6) is 0.626. The molecule has 0 saturated carbocycles. The van der Waals surface area contributed by atoms with Crippen LogP contribution < -0.4 is 11.1 Å². The lowest BCUT2D eigenvalue weighted by atomic mass is 10.3. The summed E-state index contributed by atoms with van der Waals surface area (Å²) in [4.78, 5) is 17.5. The number of para-hydroxylation sites is 1. The zero-order chi connectivity index (χ0) is 13.8. The molecule has 1 aromatic heterocycles. The van der Waals surface area contributed by atoms with E-state index in [2.05, 4.69) is 10.3 Å². The number of nitrogens with one attached hydrogen (secondary N) is 1. The first-order valence-electron chi connectivity index (χ1n) is 6.13. The van der Waals surface area contributed by atoms with Crippen LogP contribution in [0.3, 0.4) is 0 Å². The lowest BCUT2D eigenvalue weighted by Gasteiger charge is -2.13. The molecule has 6 heteroatoms. The number of nitrogens with two attached hydrogens (primary N) is 1. The third kappa shape index (κ3) is 3.23. The highest BCUT2D eigenvalue weighted by molar-refractivity contribution is 5.85. The molecule has 2 rings (SSSR count). The third-order valence-electron chi connectivity index (χ3n) is 2.90. The van der Waals surface area contributed by atoms with Crippen LogP contribution in [0.2, 0.25) is 0 Å². The van der Waals surface area contributed by atoms with Gasteiger partial charge in [0.25, 0.3) is 0 Å². The fourth-order valence-electron chi connectivity index (χ4n) is 1.81. The number of hydrogen-bond donors (Lipinski definition) is 2. The molecule has 1 amide bonds. The summed E-state index contributed by atoms with van der Waals surface area (Å²) in [5, 5.41) is 2.59. The molecular formula is C13H18N4O2. The summed E-state index contributed by atoms with van der Waals surface area (Å²) < 4.78 is 5.62. The number of benzene rings is 1. The zero-order valence-corrected chi connectivity index (χ0v) is 11.1. The Bertz CT molecular complexity index is 579. The van der Waals surface area contributed by atoms with Gasteiger partial charge in [0.2, 0.25) is 11.8 Å². The first kappa shape index (κ1) is 13.4. The van der Waals surface area contributed by atoms with E-state index < -0.39 is 0 Å². The first-order chi connectivity index (χ1) is 9.10. The number of hydrogen-bond acceptors (Lipinski definition) is 5. The van der Waals surface area contributed by atoms with E-state index in [0.29, 0.717) is 42.2 Å². The molecule has 6 nitrogen and oxygen atoms in total. The van der Waals surface area contributed by atoms with Crippen LogP contribution in [0.1, 0.15) is 12.3 Å². The number of rotatable bonds is 5. The summed E-state index contributed by atoms with van der Waals surface area (Å²) in [6.45, 7) is 1.19. The van der Waals surface area contributed by atoms with Crippen LogP contribution in [0.5, 0.6) is 0 Å². The predicted octanol–water partition coefficient (Wildman–Crippen LogP) is 0.978. The summed E-state index contributed by atoms with van der Waals surface area (Å²) in [6, 6.07) is 5.47. The van der Waals surface area contributed by atoms with Crippen molar-refractivity contribution in [3.8, 4) is 0 Å². The second kappa shape index (κ2) is 5.71. The monoisotopic (exact) mass is 262 g/mol. The highest BCUT2D eigenvalue weighted by atomic mass is 16.3. The van der Waals surface area contributed by atoms with Gasteiger partial charge in [-0.25, -0.2) is 4.98 Å². The van der Waals surface area contributed by atoms with Crippen LogP contribution >= 0.6 is 0 Å². The second-order valence-corrected chi connectivity index (χ2v) is 4.46. The maximum Gasteiger partial charge on any atom is 0.221 e. The Kier molecular flexibility index (Phi) is 4.01. The Balaban J connectivity index is 2.01. The van der Waals surface area contributed by atoms with Crippen molar-refractivity contribution in [1.82, 2.24) is 15.2 Å². The largest absolute Gasteiger partial charge is 0.439 e. The Morgan fingerprint density at radius 3 is 3.00 bits per heavy atom. The van der Waals surface area contributed by atoms with Gasteiger partial charge in [-0.1, -0.05) is 6.07 Å². The summed E-state index contributed by atoms with van der Waals surface area (Å²) in [7, 11) is 3.55. The number of aromatic nitrogens is 1. The van der Waals surface area contributed by atoms with Crippen molar-refractivity contribution < 1.29 is 9.21 Å². The van der Waals surface area contributed by atoms with Gasteiger partial charge in [-0.3, -0.25) is 9.69 Å². The van der Waals surface area contributed by atoms with Gasteiger partial charge in [0.15, 0.2) is 5.58 Å². The van der Waals surface area contributed by atoms with E-state index in [4.69, 9.17) is 10.2 Å². The average molecular weight is 262 g/mol.